The Balaban J connectivity index is 0.00000480. The monoisotopic (exact) mass is 800 g/mol. The van der Waals surface area contributed by atoms with Crippen LogP contribution in [0.3, 0.4) is 0 Å². The molecule has 4 aromatic rings. The van der Waals surface area contributed by atoms with Gasteiger partial charge >= 0.3 is 6.03 Å². The molecule has 1 aromatic carbocycles. The van der Waals surface area contributed by atoms with E-state index in [1.165, 1.54) is 0 Å². The molecule has 1 saturated carbocycles. The maximum atomic E-state index is 13.0. The molecule has 6 heterocycles. The number of carbonyl (C=O) groups is 3. The van der Waals surface area contributed by atoms with Crippen molar-refractivity contribution in [1.29, 1.82) is 5.26 Å². The van der Waals surface area contributed by atoms with Gasteiger partial charge in [-0.3, -0.25) is 24.8 Å². The molecular formula is C40H46Cl2N10O4. The van der Waals surface area contributed by atoms with Gasteiger partial charge < -0.3 is 24.4 Å². The number of hydrogen-bond donors (Lipinski definition) is 2. The van der Waals surface area contributed by atoms with Crippen LogP contribution in [0, 0.1) is 17.2 Å². The Labute approximate surface area is 336 Å². The molecule has 56 heavy (non-hydrogen) atoms. The Morgan fingerprint density at radius 3 is 2.43 bits per heavy atom. The Bertz CT molecular complexity index is 2080. The van der Waals surface area contributed by atoms with Crippen LogP contribution >= 0.6 is 24.0 Å². The van der Waals surface area contributed by atoms with Crippen LogP contribution in [0.1, 0.15) is 79.9 Å². The van der Waals surface area contributed by atoms with Crippen LogP contribution in [0.2, 0.25) is 5.02 Å². The number of ether oxygens (including phenoxy) is 1. The van der Waals surface area contributed by atoms with Crippen LogP contribution in [0.15, 0.2) is 55.0 Å². The Kier molecular flexibility index (Phi) is 12.2. The first-order valence-electron chi connectivity index (χ1n) is 19.4. The SMILES string of the molecule is Cl.N#Cc1ccc(OC2CCC(NC(=O)c3ccc(N4CCC(CN5CCC(n6ccc7c(N8CCC(=O)NC8=O)cncc76)CC5)CC4)nn3)CC2)cc1Cl. The third-order valence-corrected chi connectivity index (χ3v) is 11.9. The number of benzene rings is 1. The summed E-state index contributed by atoms with van der Waals surface area (Å²) in [7, 11) is 0. The number of anilines is 2. The molecule has 14 nitrogen and oxygen atoms in total. The number of urea groups is 1. The molecular weight excluding hydrogens is 755 g/mol. The minimum absolute atomic E-state index is 0. The average molecular weight is 802 g/mol. The third-order valence-electron chi connectivity index (χ3n) is 11.6. The van der Waals surface area contributed by atoms with Crippen LogP contribution in [-0.2, 0) is 4.79 Å². The number of nitrogens with one attached hydrogen (secondary N) is 2. The Morgan fingerprint density at radius 2 is 1.73 bits per heavy atom. The molecule has 4 fully saturated rings. The highest BCUT2D eigenvalue weighted by atomic mass is 35.5. The minimum Gasteiger partial charge on any atom is -0.490 e. The first kappa shape index (κ1) is 39.3. The van der Waals surface area contributed by atoms with Gasteiger partial charge in [0, 0.05) is 75.4 Å². The number of imide groups is 1. The molecule has 1 aliphatic carbocycles. The molecule has 0 unspecified atom stereocenters. The number of amides is 4. The van der Waals surface area contributed by atoms with E-state index in [0.29, 0.717) is 40.5 Å². The highest BCUT2D eigenvalue weighted by Crippen LogP contribution is 2.34. The standard InChI is InChI=1S/C40H45ClN10O4.ClH/c41-33-21-31(4-1-27(33)22-42)55-30-5-2-28(3-6-30)44-39(53)34-7-8-37(47-46-34)49-17-9-26(10-18-49)25-48-15-11-29(12-16-48)50-19-13-32-35(50)23-43-24-36(32)51-20-14-38(52)45-40(51)54;/h1,4,7-8,13,19,21,23-24,26,28-30H,2-3,5-6,9-12,14-18,20,25H2,(H,44,53)(H,45,52,54);1H. The van der Waals surface area contributed by atoms with E-state index in [0.717, 1.165) is 106 Å². The summed E-state index contributed by atoms with van der Waals surface area (Å²) in [6.07, 6.45) is 13.5. The van der Waals surface area contributed by atoms with Gasteiger partial charge in [-0.25, -0.2) is 4.79 Å². The van der Waals surface area contributed by atoms with Crippen molar-refractivity contribution < 1.29 is 19.1 Å². The highest BCUT2D eigenvalue weighted by Gasteiger charge is 2.30. The lowest BCUT2D eigenvalue weighted by molar-refractivity contribution is -0.120. The molecule has 0 radical (unpaired) electrons. The first-order chi connectivity index (χ1) is 26.8. The van der Waals surface area contributed by atoms with Gasteiger partial charge in [0.2, 0.25) is 5.91 Å². The third kappa shape index (κ3) is 8.70. The molecule has 3 saturated heterocycles. The van der Waals surface area contributed by atoms with Crippen molar-refractivity contribution in [3.05, 3.63) is 71.3 Å². The molecule has 2 N–H and O–H groups in total. The lowest BCUT2D eigenvalue weighted by atomic mass is 9.92. The lowest BCUT2D eigenvalue weighted by Crippen LogP contribution is -2.49. The topological polar surface area (TPSA) is 162 Å². The first-order valence-corrected chi connectivity index (χ1v) is 19.7. The van der Waals surface area contributed by atoms with E-state index in [4.69, 9.17) is 21.6 Å². The second-order valence-electron chi connectivity index (χ2n) is 15.1. The number of pyridine rings is 1. The summed E-state index contributed by atoms with van der Waals surface area (Å²) in [6, 6.07) is 12.9. The van der Waals surface area contributed by atoms with Crippen molar-refractivity contribution >= 4 is 64.3 Å². The molecule has 8 rings (SSSR count). The molecule has 16 heteroatoms. The fourth-order valence-electron chi connectivity index (χ4n) is 8.53. The van der Waals surface area contributed by atoms with Crippen molar-refractivity contribution in [3.8, 4) is 11.8 Å². The van der Waals surface area contributed by atoms with E-state index in [1.807, 2.05) is 12.3 Å². The van der Waals surface area contributed by atoms with Crippen LogP contribution in [-0.4, -0.2) is 93.9 Å². The Hall–Kier alpha value is -4.97. The summed E-state index contributed by atoms with van der Waals surface area (Å²) in [5.74, 6) is 1.63. The van der Waals surface area contributed by atoms with E-state index in [9.17, 15) is 14.4 Å². The van der Waals surface area contributed by atoms with Crippen LogP contribution in [0.5, 0.6) is 5.75 Å². The number of likely N-dealkylation sites (tertiary alicyclic amines) is 1. The largest absolute Gasteiger partial charge is 0.490 e. The molecule has 4 aliphatic rings. The number of halogens is 2. The molecule has 0 spiro atoms. The van der Waals surface area contributed by atoms with Crippen LogP contribution in [0.25, 0.3) is 10.9 Å². The lowest BCUT2D eigenvalue weighted by Gasteiger charge is -2.38. The van der Waals surface area contributed by atoms with Gasteiger partial charge in [-0.1, -0.05) is 11.6 Å². The van der Waals surface area contributed by atoms with Gasteiger partial charge in [0.25, 0.3) is 5.91 Å². The van der Waals surface area contributed by atoms with Gasteiger partial charge in [0.15, 0.2) is 11.5 Å². The summed E-state index contributed by atoms with van der Waals surface area (Å²) in [5, 5.41) is 24.7. The summed E-state index contributed by atoms with van der Waals surface area (Å²) < 4.78 is 8.39. The summed E-state index contributed by atoms with van der Waals surface area (Å²) in [5.41, 5.74) is 2.50. The average Bonchev–Trinajstić information content (AvgIpc) is 3.64. The van der Waals surface area contributed by atoms with Gasteiger partial charge in [-0.05, 0) is 87.6 Å². The van der Waals surface area contributed by atoms with Gasteiger partial charge in [0.1, 0.15) is 11.8 Å². The summed E-state index contributed by atoms with van der Waals surface area (Å²) >= 11 is 6.15. The zero-order chi connectivity index (χ0) is 37.9. The number of fused-ring (bicyclic) bond motifs is 1. The van der Waals surface area contributed by atoms with E-state index < -0.39 is 6.03 Å². The number of piperidine rings is 2. The number of hydrogen-bond acceptors (Lipinski definition) is 10. The number of nitrogens with zero attached hydrogens (tertiary/aromatic N) is 8. The quantitative estimate of drug-likeness (QED) is 0.209. The van der Waals surface area contributed by atoms with Crippen molar-refractivity contribution in [3.63, 3.8) is 0 Å². The van der Waals surface area contributed by atoms with Gasteiger partial charge in [-0.2, -0.15) is 5.26 Å². The van der Waals surface area contributed by atoms with Crippen molar-refractivity contribution in [2.45, 2.75) is 76.0 Å². The zero-order valence-electron chi connectivity index (χ0n) is 31.1. The van der Waals surface area contributed by atoms with E-state index in [2.05, 4.69) is 58.5 Å². The predicted molar refractivity (Wildman–Crippen MR) is 214 cm³/mol. The number of rotatable bonds is 9. The highest BCUT2D eigenvalue weighted by molar-refractivity contribution is 6.31. The maximum absolute atomic E-state index is 13.0. The van der Waals surface area contributed by atoms with Gasteiger partial charge in [-0.15, -0.1) is 22.6 Å². The summed E-state index contributed by atoms with van der Waals surface area (Å²) in [4.78, 5) is 48.1. The van der Waals surface area contributed by atoms with Crippen molar-refractivity contribution in [2.24, 2.45) is 5.92 Å². The molecule has 0 bridgehead atoms. The maximum Gasteiger partial charge on any atom is 0.328 e. The van der Waals surface area contributed by atoms with E-state index >= 15 is 0 Å². The molecule has 0 atom stereocenters. The Morgan fingerprint density at radius 1 is 0.946 bits per heavy atom. The number of carbonyl (C=O) groups excluding carboxylic acids is 3. The fraction of sp³-hybridized carbons (Fsp3) is 0.475. The minimum atomic E-state index is -0.394. The van der Waals surface area contributed by atoms with E-state index in [1.54, 1.807) is 35.4 Å². The molecule has 4 amide bonds. The molecule has 294 valence electrons. The van der Waals surface area contributed by atoms with Crippen molar-refractivity contribution in [2.75, 3.05) is 49.1 Å². The van der Waals surface area contributed by atoms with Gasteiger partial charge in [0.05, 0.1) is 40.3 Å². The fourth-order valence-corrected chi connectivity index (χ4v) is 8.74. The molecule has 3 aromatic heterocycles. The van der Waals surface area contributed by atoms with Crippen LogP contribution in [0.4, 0.5) is 16.3 Å². The predicted octanol–water partition coefficient (Wildman–Crippen LogP) is 5.89. The molecule has 3 aliphatic heterocycles. The van der Waals surface area contributed by atoms with Crippen LogP contribution < -0.4 is 25.2 Å². The zero-order valence-corrected chi connectivity index (χ0v) is 32.7. The number of aromatic nitrogens is 4. The smallest absolute Gasteiger partial charge is 0.328 e. The summed E-state index contributed by atoms with van der Waals surface area (Å²) in [6.45, 7) is 5.33. The second kappa shape index (κ2) is 17.4. The van der Waals surface area contributed by atoms with E-state index in [-0.39, 0.29) is 42.8 Å². The second-order valence-corrected chi connectivity index (χ2v) is 15.5. The van der Waals surface area contributed by atoms with Crippen molar-refractivity contribution in [1.82, 2.24) is 35.3 Å². The number of nitriles is 1. The normalized spacial score (nSPS) is 21.3.